The number of hydrogen-bond donors (Lipinski definition) is 0. The van der Waals surface area contributed by atoms with Crippen LogP contribution in [0.5, 0.6) is 0 Å². The molecule has 1 aromatic carbocycles. The lowest BCUT2D eigenvalue weighted by Gasteiger charge is -2.31. The molecule has 0 heterocycles. The van der Waals surface area contributed by atoms with E-state index in [2.05, 4.69) is 4.74 Å². The second-order valence-corrected chi connectivity index (χ2v) is 5.09. The minimum atomic E-state index is -6.77. The van der Waals surface area contributed by atoms with Gasteiger partial charge in [-0.05, 0) is 18.6 Å². The van der Waals surface area contributed by atoms with Gasteiger partial charge in [0.15, 0.2) is 0 Å². The third-order valence-electron chi connectivity index (χ3n) is 3.22. The van der Waals surface area contributed by atoms with E-state index in [1.807, 2.05) is 0 Å². The predicted molar refractivity (Wildman–Crippen MR) is 76.9 cm³/mol. The standard InChI is InChI=1S/C16H12F8O3/c1-2-27-12(26)10(8-9-6-4-3-5-7-9)11(25)14(19,20)16(23,24)15(21,22)13(17)18/h3-8,13H,2H2,1H3. The first-order chi connectivity index (χ1) is 12.3. The normalized spacial score (nSPS) is 13.6. The zero-order chi connectivity index (χ0) is 21.0. The molecule has 0 aliphatic carbocycles. The van der Waals surface area contributed by atoms with Crippen LogP contribution in [0.4, 0.5) is 35.1 Å². The molecule has 0 aliphatic heterocycles. The third kappa shape index (κ3) is 4.28. The zero-order valence-electron chi connectivity index (χ0n) is 13.5. The van der Waals surface area contributed by atoms with Gasteiger partial charge in [-0.1, -0.05) is 30.3 Å². The van der Waals surface area contributed by atoms with Crippen LogP contribution < -0.4 is 0 Å². The predicted octanol–water partition coefficient (Wildman–Crippen LogP) is 4.37. The summed E-state index contributed by atoms with van der Waals surface area (Å²) in [6.07, 6.45) is -4.78. The highest BCUT2D eigenvalue weighted by Crippen LogP contribution is 2.49. The van der Waals surface area contributed by atoms with Gasteiger partial charge in [0.2, 0.25) is 5.78 Å². The van der Waals surface area contributed by atoms with E-state index in [0.29, 0.717) is 6.08 Å². The SMILES string of the molecule is CCOC(=O)C(=Cc1ccccc1)C(=O)C(F)(F)C(F)(F)C(F)(F)C(F)F. The quantitative estimate of drug-likeness (QED) is 0.213. The fourth-order valence-corrected chi connectivity index (χ4v) is 1.80. The second kappa shape index (κ2) is 8.05. The lowest BCUT2D eigenvalue weighted by atomic mass is 9.95. The van der Waals surface area contributed by atoms with Crippen LogP contribution in [0.3, 0.4) is 0 Å². The Hall–Kier alpha value is -2.46. The molecule has 0 saturated carbocycles. The van der Waals surface area contributed by atoms with Crippen molar-refractivity contribution in [2.45, 2.75) is 31.1 Å². The maximum Gasteiger partial charge on any atom is 0.385 e. The average molecular weight is 404 g/mol. The van der Waals surface area contributed by atoms with Crippen molar-refractivity contribution in [1.29, 1.82) is 0 Å². The first-order valence-corrected chi connectivity index (χ1v) is 7.21. The first kappa shape index (κ1) is 22.6. The summed E-state index contributed by atoms with van der Waals surface area (Å²) in [6, 6.07) is 6.47. The molecule has 1 aromatic rings. The molecule has 27 heavy (non-hydrogen) atoms. The van der Waals surface area contributed by atoms with E-state index in [9.17, 15) is 44.7 Å². The molecule has 1 rings (SSSR count). The van der Waals surface area contributed by atoms with E-state index >= 15 is 0 Å². The van der Waals surface area contributed by atoms with Crippen LogP contribution in [0.15, 0.2) is 35.9 Å². The number of halogens is 8. The summed E-state index contributed by atoms with van der Waals surface area (Å²) >= 11 is 0. The Bertz CT molecular complexity index is 714. The van der Waals surface area contributed by atoms with E-state index in [0.717, 1.165) is 0 Å². The van der Waals surface area contributed by atoms with Crippen LogP contribution >= 0.6 is 0 Å². The molecule has 0 spiro atoms. The van der Waals surface area contributed by atoms with E-state index in [4.69, 9.17) is 0 Å². The lowest BCUT2D eigenvalue weighted by Crippen LogP contribution is -2.61. The number of esters is 1. The largest absolute Gasteiger partial charge is 0.462 e. The number of rotatable bonds is 8. The van der Waals surface area contributed by atoms with Crippen molar-refractivity contribution in [1.82, 2.24) is 0 Å². The Morgan fingerprint density at radius 1 is 1.04 bits per heavy atom. The van der Waals surface area contributed by atoms with Gasteiger partial charge in [0.05, 0.1) is 6.61 Å². The number of Topliss-reactive ketones (excluding diaryl/α,β-unsaturated/α-hetero) is 1. The average Bonchev–Trinajstić information content (AvgIpc) is 2.59. The topological polar surface area (TPSA) is 43.4 Å². The Kier molecular flexibility index (Phi) is 6.73. The molecule has 0 aliphatic rings. The molecule has 0 atom stereocenters. The smallest absolute Gasteiger partial charge is 0.385 e. The fourth-order valence-electron chi connectivity index (χ4n) is 1.80. The van der Waals surface area contributed by atoms with Gasteiger partial charge in [-0.2, -0.15) is 26.3 Å². The molecule has 0 N–H and O–H groups in total. The number of benzene rings is 1. The molecule has 0 unspecified atom stereocenters. The monoisotopic (exact) mass is 404 g/mol. The molecule has 0 aromatic heterocycles. The number of alkyl halides is 8. The molecule has 3 nitrogen and oxygen atoms in total. The van der Waals surface area contributed by atoms with Crippen LogP contribution in [0.25, 0.3) is 6.08 Å². The van der Waals surface area contributed by atoms with Gasteiger partial charge in [-0.25, -0.2) is 13.6 Å². The molecule has 0 saturated heterocycles. The molecular formula is C16H12F8O3. The second-order valence-electron chi connectivity index (χ2n) is 5.09. The molecule has 150 valence electrons. The molecule has 11 heteroatoms. The Labute approximate surface area is 147 Å². The van der Waals surface area contributed by atoms with Crippen molar-refractivity contribution in [2.75, 3.05) is 6.61 Å². The van der Waals surface area contributed by atoms with Crippen molar-refractivity contribution in [3.05, 3.63) is 41.5 Å². The number of hydrogen-bond acceptors (Lipinski definition) is 3. The number of ketones is 1. The summed E-state index contributed by atoms with van der Waals surface area (Å²) in [6.45, 7) is 0.730. The Balaban J connectivity index is 3.48. The summed E-state index contributed by atoms with van der Waals surface area (Å²) < 4.78 is 109. The maximum absolute atomic E-state index is 13.8. The first-order valence-electron chi connectivity index (χ1n) is 7.21. The highest BCUT2D eigenvalue weighted by Gasteiger charge is 2.78. The van der Waals surface area contributed by atoms with Crippen LogP contribution in [0.2, 0.25) is 0 Å². The van der Waals surface area contributed by atoms with E-state index < -0.39 is 48.1 Å². The van der Waals surface area contributed by atoms with Crippen LogP contribution in [-0.4, -0.2) is 42.6 Å². The van der Waals surface area contributed by atoms with Crippen LogP contribution in [0, 0.1) is 0 Å². The third-order valence-corrected chi connectivity index (χ3v) is 3.22. The zero-order valence-corrected chi connectivity index (χ0v) is 13.5. The van der Waals surface area contributed by atoms with Gasteiger partial charge in [0, 0.05) is 0 Å². The van der Waals surface area contributed by atoms with E-state index in [1.165, 1.54) is 37.3 Å². The summed E-state index contributed by atoms with van der Waals surface area (Å²) in [7, 11) is 0. The number of ether oxygens (including phenoxy) is 1. The molecule has 0 fully saturated rings. The van der Waals surface area contributed by atoms with Crippen molar-refractivity contribution in [3.63, 3.8) is 0 Å². The highest BCUT2D eigenvalue weighted by atomic mass is 19.4. The summed E-state index contributed by atoms with van der Waals surface area (Å²) in [4.78, 5) is 23.5. The summed E-state index contributed by atoms with van der Waals surface area (Å²) in [5.74, 6) is -24.5. The summed E-state index contributed by atoms with van der Waals surface area (Å²) in [5.41, 5.74) is -1.80. The highest BCUT2D eigenvalue weighted by molar-refractivity contribution is 6.23. The van der Waals surface area contributed by atoms with Crippen molar-refractivity contribution < 1.29 is 49.4 Å². The number of carbonyl (C=O) groups is 2. The Morgan fingerprint density at radius 3 is 2.00 bits per heavy atom. The molecular weight excluding hydrogens is 392 g/mol. The van der Waals surface area contributed by atoms with Crippen molar-refractivity contribution in [3.8, 4) is 0 Å². The minimum absolute atomic E-state index is 0.103. The molecule has 0 radical (unpaired) electrons. The lowest BCUT2D eigenvalue weighted by molar-refractivity contribution is -0.326. The number of carbonyl (C=O) groups excluding carboxylic acids is 2. The minimum Gasteiger partial charge on any atom is -0.462 e. The van der Waals surface area contributed by atoms with Gasteiger partial charge < -0.3 is 4.74 Å². The van der Waals surface area contributed by atoms with Crippen LogP contribution in [-0.2, 0) is 14.3 Å². The maximum atomic E-state index is 13.8. The molecule has 0 amide bonds. The molecule has 0 bridgehead atoms. The van der Waals surface area contributed by atoms with Gasteiger partial charge >= 0.3 is 30.2 Å². The van der Waals surface area contributed by atoms with Crippen molar-refractivity contribution in [2.24, 2.45) is 0 Å². The van der Waals surface area contributed by atoms with Crippen LogP contribution in [0.1, 0.15) is 12.5 Å². The van der Waals surface area contributed by atoms with E-state index in [1.54, 1.807) is 0 Å². The van der Waals surface area contributed by atoms with Gasteiger partial charge in [-0.3, -0.25) is 4.79 Å². The fraction of sp³-hybridized carbons (Fsp3) is 0.375. The van der Waals surface area contributed by atoms with Crippen molar-refractivity contribution >= 4 is 17.8 Å². The van der Waals surface area contributed by atoms with Gasteiger partial charge in [-0.15, -0.1) is 0 Å². The Morgan fingerprint density at radius 2 is 1.56 bits per heavy atom. The van der Waals surface area contributed by atoms with Gasteiger partial charge in [0.25, 0.3) is 0 Å². The van der Waals surface area contributed by atoms with Gasteiger partial charge in [0.1, 0.15) is 5.57 Å². The summed E-state index contributed by atoms with van der Waals surface area (Å²) in [5, 5.41) is 0. The van der Waals surface area contributed by atoms with E-state index in [-0.39, 0.29) is 5.56 Å².